The first-order valence-electron chi connectivity index (χ1n) is 6.76. The van der Waals surface area contributed by atoms with E-state index >= 15 is 0 Å². The number of hydrogen-bond acceptors (Lipinski definition) is 5. The van der Waals surface area contributed by atoms with Gasteiger partial charge in [0.25, 0.3) is 0 Å². The van der Waals surface area contributed by atoms with E-state index in [1.807, 2.05) is 11.4 Å². The largest absolute Gasteiger partial charge is 0.324 e. The van der Waals surface area contributed by atoms with Gasteiger partial charge in [-0.1, -0.05) is 46.6 Å². The zero-order valence-corrected chi connectivity index (χ0v) is 16.1. The summed E-state index contributed by atoms with van der Waals surface area (Å²) in [4.78, 5) is 21.8. The van der Waals surface area contributed by atoms with Gasteiger partial charge in [0.05, 0.1) is 26.0 Å². The zero-order chi connectivity index (χ0) is 17.3. The van der Waals surface area contributed by atoms with Gasteiger partial charge in [-0.2, -0.15) is 0 Å². The van der Waals surface area contributed by atoms with Gasteiger partial charge in [-0.25, -0.2) is 9.97 Å². The maximum absolute atomic E-state index is 12.4. The van der Waals surface area contributed by atoms with Gasteiger partial charge in [-0.3, -0.25) is 4.79 Å². The number of hydrogen-bond donors (Lipinski definition) is 1. The lowest BCUT2D eigenvalue weighted by molar-refractivity contribution is -0.115. The molecular formula is C15H10Cl3N3OS2. The summed E-state index contributed by atoms with van der Waals surface area (Å²) in [6.07, 6.45) is 1.50. The number of halogens is 3. The van der Waals surface area contributed by atoms with Crippen molar-refractivity contribution in [3.05, 3.63) is 45.0 Å². The fourth-order valence-corrected chi connectivity index (χ4v) is 4.23. The minimum Gasteiger partial charge on any atom is -0.324 e. The molecule has 124 valence electrons. The molecule has 0 radical (unpaired) electrons. The van der Waals surface area contributed by atoms with Crippen LogP contribution < -0.4 is 5.32 Å². The fraction of sp³-hybridized carbons (Fsp3) is 0.133. The molecule has 1 atom stereocenters. The van der Waals surface area contributed by atoms with Crippen molar-refractivity contribution in [2.24, 2.45) is 0 Å². The number of aromatic nitrogens is 2. The van der Waals surface area contributed by atoms with E-state index in [0.717, 1.165) is 15.2 Å². The second kappa shape index (κ2) is 7.45. The molecule has 3 rings (SSSR count). The highest BCUT2D eigenvalue weighted by atomic mass is 35.5. The Morgan fingerprint density at radius 2 is 1.96 bits per heavy atom. The smallest absolute Gasteiger partial charge is 0.237 e. The van der Waals surface area contributed by atoms with Crippen molar-refractivity contribution in [3.63, 3.8) is 0 Å². The highest BCUT2D eigenvalue weighted by molar-refractivity contribution is 8.00. The molecule has 0 saturated carbocycles. The fourth-order valence-electron chi connectivity index (χ4n) is 1.93. The number of amides is 1. The van der Waals surface area contributed by atoms with Crippen molar-refractivity contribution in [2.75, 3.05) is 5.32 Å². The molecule has 1 aromatic carbocycles. The van der Waals surface area contributed by atoms with Crippen LogP contribution in [0.4, 0.5) is 5.69 Å². The summed E-state index contributed by atoms with van der Waals surface area (Å²) in [6, 6.07) is 4.98. The van der Waals surface area contributed by atoms with Crippen LogP contribution in [0.25, 0.3) is 10.2 Å². The highest BCUT2D eigenvalue weighted by Gasteiger charge is 2.19. The molecule has 0 aliphatic carbocycles. The Kier molecular flexibility index (Phi) is 5.52. The van der Waals surface area contributed by atoms with E-state index in [1.165, 1.54) is 41.6 Å². The van der Waals surface area contributed by atoms with Crippen molar-refractivity contribution >= 4 is 79.7 Å². The molecule has 24 heavy (non-hydrogen) atoms. The molecule has 0 unspecified atom stereocenters. The summed E-state index contributed by atoms with van der Waals surface area (Å²) in [5.74, 6) is -0.206. The predicted molar refractivity (Wildman–Crippen MR) is 103 cm³/mol. The lowest BCUT2D eigenvalue weighted by Crippen LogP contribution is -2.22. The highest BCUT2D eigenvalue weighted by Crippen LogP contribution is 2.34. The number of carbonyl (C=O) groups is 1. The SMILES string of the molecule is C[C@@H](Sc1ncnc2sccc12)C(=O)Nc1cc(Cl)c(Cl)cc1Cl. The average molecular weight is 419 g/mol. The Bertz CT molecular complexity index is 916. The van der Waals surface area contributed by atoms with Crippen LogP contribution in [0.1, 0.15) is 6.92 Å². The topological polar surface area (TPSA) is 54.9 Å². The second-order valence-electron chi connectivity index (χ2n) is 4.81. The van der Waals surface area contributed by atoms with Gasteiger partial charge in [0.2, 0.25) is 5.91 Å². The summed E-state index contributed by atoms with van der Waals surface area (Å²) < 4.78 is 0. The van der Waals surface area contributed by atoms with Gasteiger partial charge in [0, 0.05) is 5.39 Å². The second-order valence-corrected chi connectivity index (χ2v) is 8.26. The van der Waals surface area contributed by atoms with E-state index < -0.39 is 0 Å². The molecule has 0 spiro atoms. The quantitative estimate of drug-likeness (QED) is 0.332. The third-order valence-corrected chi connectivity index (χ3v) is 6.12. The molecule has 2 aromatic heterocycles. The van der Waals surface area contributed by atoms with Gasteiger partial charge in [-0.15, -0.1) is 11.3 Å². The minimum atomic E-state index is -0.381. The molecular weight excluding hydrogens is 409 g/mol. The number of thioether (sulfide) groups is 1. The van der Waals surface area contributed by atoms with Gasteiger partial charge < -0.3 is 5.32 Å². The molecule has 4 nitrogen and oxygen atoms in total. The number of nitrogens with zero attached hydrogens (tertiary/aromatic N) is 2. The normalized spacial score (nSPS) is 12.3. The van der Waals surface area contributed by atoms with Crippen molar-refractivity contribution in [2.45, 2.75) is 17.2 Å². The molecule has 0 bridgehead atoms. The average Bonchev–Trinajstić information content (AvgIpc) is 3.02. The van der Waals surface area contributed by atoms with Crippen LogP contribution in [-0.4, -0.2) is 21.1 Å². The zero-order valence-electron chi connectivity index (χ0n) is 12.2. The first kappa shape index (κ1) is 17.8. The van der Waals surface area contributed by atoms with Crippen LogP contribution in [0, 0.1) is 0 Å². The standard InChI is InChI=1S/C15H10Cl3N3OS2/c1-7(24-15-8-2-3-23-14(8)19-6-20-15)13(22)21-12-5-10(17)9(16)4-11(12)18/h2-7H,1H3,(H,21,22)/t7-/m1/s1. The van der Waals surface area contributed by atoms with Crippen LogP contribution >= 0.6 is 57.9 Å². The number of rotatable bonds is 4. The maximum atomic E-state index is 12.4. The van der Waals surface area contributed by atoms with E-state index in [2.05, 4.69) is 15.3 Å². The molecule has 1 N–H and O–H groups in total. The molecule has 0 fully saturated rings. The first-order valence-corrected chi connectivity index (χ1v) is 9.65. The van der Waals surface area contributed by atoms with Crippen molar-refractivity contribution in [1.82, 2.24) is 9.97 Å². The van der Waals surface area contributed by atoms with Crippen molar-refractivity contribution in [1.29, 1.82) is 0 Å². The molecule has 0 aliphatic heterocycles. The summed E-state index contributed by atoms with van der Waals surface area (Å²) in [5.41, 5.74) is 0.423. The van der Waals surface area contributed by atoms with Crippen LogP contribution in [0.5, 0.6) is 0 Å². The van der Waals surface area contributed by atoms with Gasteiger partial charge in [0.1, 0.15) is 16.2 Å². The van der Waals surface area contributed by atoms with E-state index in [1.54, 1.807) is 6.92 Å². The Balaban J connectivity index is 1.76. The van der Waals surface area contributed by atoms with Gasteiger partial charge in [-0.05, 0) is 30.5 Å². The predicted octanol–water partition coefficient (Wildman–Crippen LogP) is 5.77. The number of carbonyl (C=O) groups excluding carboxylic acids is 1. The van der Waals surface area contributed by atoms with E-state index in [9.17, 15) is 4.79 Å². The van der Waals surface area contributed by atoms with Crippen molar-refractivity contribution < 1.29 is 4.79 Å². The Morgan fingerprint density at radius 3 is 2.75 bits per heavy atom. The van der Waals surface area contributed by atoms with Gasteiger partial charge >= 0.3 is 0 Å². The molecule has 9 heteroatoms. The lowest BCUT2D eigenvalue weighted by atomic mass is 10.3. The number of thiophene rings is 1. The van der Waals surface area contributed by atoms with E-state index in [4.69, 9.17) is 34.8 Å². The van der Waals surface area contributed by atoms with Crippen LogP contribution in [0.3, 0.4) is 0 Å². The Morgan fingerprint density at radius 1 is 1.21 bits per heavy atom. The molecule has 0 saturated heterocycles. The molecule has 0 aliphatic rings. The first-order chi connectivity index (χ1) is 11.5. The third kappa shape index (κ3) is 3.78. The van der Waals surface area contributed by atoms with Crippen LogP contribution in [-0.2, 0) is 4.79 Å². The summed E-state index contributed by atoms with van der Waals surface area (Å²) in [7, 11) is 0. The summed E-state index contributed by atoms with van der Waals surface area (Å²) in [5, 5.41) is 7.04. The van der Waals surface area contributed by atoms with E-state index in [0.29, 0.717) is 20.8 Å². The van der Waals surface area contributed by atoms with Crippen LogP contribution in [0.2, 0.25) is 15.1 Å². The van der Waals surface area contributed by atoms with Crippen LogP contribution in [0.15, 0.2) is 34.9 Å². The third-order valence-electron chi connectivity index (χ3n) is 3.15. The van der Waals surface area contributed by atoms with Gasteiger partial charge in [0.15, 0.2) is 0 Å². The monoisotopic (exact) mass is 417 g/mol. The number of benzene rings is 1. The van der Waals surface area contributed by atoms with Crippen molar-refractivity contribution in [3.8, 4) is 0 Å². The lowest BCUT2D eigenvalue weighted by Gasteiger charge is -2.13. The number of anilines is 1. The Labute approximate surface area is 161 Å². The number of fused-ring (bicyclic) bond motifs is 1. The summed E-state index contributed by atoms with van der Waals surface area (Å²) in [6.45, 7) is 1.80. The molecule has 3 aromatic rings. The maximum Gasteiger partial charge on any atom is 0.237 e. The molecule has 1 amide bonds. The molecule has 2 heterocycles. The summed E-state index contributed by atoms with van der Waals surface area (Å²) >= 11 is 20.8. The van der Waals surface area contributed by atoms with E-state index in [-0.39, 0.29) is 11.2 Å². The number of nitrogens with one attached hydrogen (secondary N) is 1. The minimum absolute atomic E-state index is 0.206. The Hall–Kier alpha value is -1.05.